The van der Waals surface area contributed by atoms with Crippen molar-refractivity contribution in [3.63, 3.8) is 0 Å². The summed E-state index contributed by atoms with van der Waals surface area (Å²) in [5.41, 5.74) is 3.19. The highest BCUT2D eigenvalue weighted by Crippen LogP contribution is 2.37. The van der Waals surface area contributed by atoms with Gasteiger partial charge in [-0.05, 0) is 30.7 Å². The number of rotatable bonds is 7. The van der Waals surface area contributed by atoms with Crippen LogP contribution >= 0.6 is 46.3 Å². The number of amides is 1. The molecule has 34 heavy (non-hydrogen) atoms. The van der Waals surface area contributed by atoms with Crippen LogP contribution in [0.1, 0.15) is 17.5 Å². The number of hydrogen-bond acceptors (Lipinski definition) is 7. The molecule has 0 fully saturated rings. The SMILES string of the molecule is CCc1nnc(NC(=O)CSc2nc(-c3ccc(Cl)cc3)cc(-c3ccccc3Cl)c2C#N)s1. The monoisotopic (exact) mass is 525 g/mol. The molecule has 170 valence electrons. The number of thioether (sulfide) groups is 1. The molecule has 0 unspecified atom stereocenters. The van der Waals surface area contributed by atoms with Crippen LogP contribution in [0, 0.1) is 11.3 Å². The summed E-state index contributed by atoms with van der Waals surface area (Å²) < 4.78 is 0. The zero-order valence-electron chi connectivity index (χ0n) is 17.9. The summed E-state index contributed by atoms with van der Waals surface area (Å²) in [5, 5.41) is 23.6. The van der Waals surface area contributed by atoms with Crippen LogP contribution in [0.25, 0.3) is 22.4 Å². The fourth-order valence-corrected chi connectivity index (χ4v) is 4.99. The van der Waals surface area contributed by atoms with Gasteiger partial charge in [-0.25, -0.2) is 4.98 Å². The highest BCUT2D eigenvalue weighted by molar-refractivity contribution is 8.00. The van der Waals surface area contributed by atoms with Gasteiger partial charge in [0.05, 0.1) is 17.0 Å². The van der Waals surface area contributed by atoms with Gasteiger partial charge in [0.15, 0.2) is 0 Å². The molecular formula is C24H17Cl2N5OS2. The molecule has 2 aromatic heterocycles. The zero-order chi connectivity index (χ0) is 24.1. The Balaban J connectivity index is 1.70. The molecule has 0 aliphatic carbocycles. The quantitative estimate of drug-likeness (QED) is 0.268. The van der Waals surface area contributed by atoms with Crippen LogP contribution < -0.4 is 5.32 Å². The van der Waals surface area contributed by atoms with Crippen LogP contribution in [-0.2, 0) is 11.2 Å². The maximum Gasteiger partial charge on any atom is 0.236 e. The number of carbonyl (C=O) groups is 1. The number of pyridine rings is 1. The Bertz CT molecular complexity index is 1380. The molecule has 0 aliphatic rings. The van der Waals surface area contributed by atoms with Gasteiger partial charge < -0.3 is 0 Å². The fraction of sp³-hybridized carbons (Fsp3) is 0.125. The topological polar surface area (TPSA) is 91.6 Å². The number of hydrogen-bond donors (Lipinski definition) is 1. The third kappa shape index (κ3) is 5.57. The minimum atomic E-state index is -0.259. The van der Waals surface area contributed by atoms with Crippen LogP contribution in [0.5, 0.6) is 0 Å². The molecule has 0 saturated heterocycles. The molecule has 0 radical (unpaired) electrons. The molecule has 2 heterocycles. The summed E-state index contributed by atoms with van der Waals surface area (Å²) in [7, 11) is 0. The lowest BCUT2D eigenvalue weighted by atomic mass is 9.99. The zero-order valence-corrected chi connectivity index (χ0v) is 21.0. The lowest BCUT2D eigenvalue weighted by Crippen LogP contribution is -2.14. The Morgan fingerprint density at radius 3 is 2.56 bits per heavy atom. The molecule has 10 heteroatoms. The van der Waals surface area contributed by atoms with Gasteiger partial charge in [0.25, 0.3) is 0 Å². The van der Waals surface area contributed by atoms with E-state index in [1.165, 1.54) is 23.1 Å². The number of aryl methyl sites for hydroxylation is 1. The molecule has 4 aromatic rings. The van der Waals surface area contributed by atoms with Crippen molar-refractivity contribution < 1.29 is 4.79 Å². The van der Waals surface area contributed by atoms with Crippen molar-refractivity contribution in [2.45, 2.75) is 18.4 Å². The number of anilines is 1. The average molecular weight is 526 g/mol. The summed E-state index contributed by atoms with van der Waals surface area (Å²) >= 11 is 15.0. The predicted octanol–water partition coefficient (Wildman–Crippen LogP) is 6.74. The van der Waals surface area contributed by atoms with Crippen LogP contribution in [0.15, 0.2) is 59.6 Å². The van der Waals surface area contributed by atoms with E-state index in [4.69, 9.17) is 28.2 Å². The van der Waals surface area contributed by atoms with Gasteiger partial charge in [0.2, 0.25) is 11.0 Å². The third-order valence-corrected chi connectivity index (χ3v) is 7.30. The summed E-state index contributed by atoms with van der Waals surface area (Å²) in [4.78, 5) is 17.2. The minimum Gasteiger partial charge on any atom is -0.300 e. The van der Waals surface area contributed by atoms with Crippen LogP contribution in [0.2, 0.25) is 10.0 Å². The first-order valence-corrected chi connectivity index (χ1v) is 12.7. The van der Waals surface area contributed by atoms with Gasteiger partial charge >= 0.3 is 0 Å². The van der Waals surface area contributed by atoms with Crippen molar-refractivity contribution >= 4 is 57.3 Å². The van der Waals surface area contributed by atoms with Gasteiger partial charge in [-0.1, -0.05) is 83.6 Å². The van der Waals surface area contributed by atoms with Crippen molar-refractivity contribution in [1.29, 1.82) is 5.26 Å². The van der Waals surface area contributed by atoms with E-state index in [0.717, 1.165) is 17.0 Å². The molecule has 0 atom stereocenters. The number of benzene rings is 2. The summed E-state index contributed by atoms with van der Waals surface area (Å²) in [5.74, 6) is -0.208. The normalized spacial score (nSPS) is 10.6. The van der Waals surface area contributed by atoms with Crippen LogP contribution in [0.4, 0.5) is 5.13 Å². The lowest BCUT2D eigenvalue weighted by Gasteiger charge is -2.13. The number of halogens is 2. The molecule has 4 rings (SSSR count). The summed E-state index contributed by atoms with van der Waals surface area (Å²) in [6.45, 7) is 1.97. The Morgan fingerprint density at radius 2 is 1.88 bits per heavy atom. The van der Waals surface area contributed by atoms with Gasteiger partial charge in [0.1, 0.15) is 16.1 Å². The van der Waals surface area contributed by atoms with Crippen LogP contribution in [0.3, 0.4) is 0 Å². The number of aromatic nitrogens is 3. The Hall–Kier alpha value is -2.96. The standard InChI is InChI=1S/C24H17Cl2N5OS2/c1-2-22-30-31-24(34-22)29-21(32)13-33-23-18(12-27)17(16-5-3-4-6-19(16)26)11-20(28-23)14-7-9-15(25)10-8-14/h3-11H,2,13H2,1H3,(H,29,31,32). The van der Waals surface area contributed by atoms with Crippen molar-refractivity contribution in [3.05, 3.63) is 75.2 Å². The number of nitrogens with one attached hydrogen (secondary N) is 1. The Labute approximate surface area is 215 Å². The lowest BCUT2D eigenvalue weighted by molar-refractivity contribution is -0.113. The van der Waals surface area contributed by atoms with Crippen LogP contribution in [-0.4, -0.2) is 26.8 Å². The molecule has 0 spiro atoms. The number of carbonyl (C=O) groups excluding carboxylic acids is 1. The maximum absolute atomic E-state index is 12.5. The molecule has 0 aliphatic heterocycles. The molecule has 1 amide bonds. The van der Waals surface area contributed by atoms with E-state index in [1.54, 1.807) is 18.2 Å². The number of nitrogens with zero attached hydrogens (tertiary/aromatic N) is 4. The highest BCUT2D eigenvalue weighted by atomic mass is 35.5. The van der Waals surface area contributed by atoms with E-state index in [-0.39, 0.29) is 11.7 Å². The molecule has 0 bridgehead atoms. The van der Waals surface area contributed by atoms with Gasteiger partial charge in [-0.3, -0.25) is 10.1 Å². The minimum absolute atomic E-state index is 0.0503. The summed E-state index contributed by atoms with van der Waals surface area (Å²) in [6, 6.07) is 18.7. The first-order valence-electron chi connectivity index (χ1n) is 10.2. The van der Waals surface area contributed by atoms with E-state index in [2.05, 4.69) is 21.6 Å². The second-order valence-electron chi connectivity index (χ2n) is 7.03. The molecule has 2 aromatic carbocycles. The maximum atomic E-state index is 12.5. The van der Waals surface area contributed by atoms with E-state index >= 15 is 0 Å². The van der Waals surface area contributed by atoms with Crippen molar-refractivity contribution in [2.24, 2.45) is 0 Å². The smallest absolute Gasteiger partial charge is 0.236 e. The van der Waals surface area contributed by atoms with E-state index < -0.39 is 0 Å². The molecule has 0 saturated carbocycles. The average Bonchev–Trinajstić information content (AvgIpc) is 3.30. The summed E-state index contributed by atoms with van der Waals surface area (Å²) in [6.07, 6.45) is 0.750. The van der Waals surface area contributed by atoms with Gasteiger partial charge in [-0.2, -0.15) is 5.26 Å². The Kier molecular flexibility index (Phi) is 7.80. The molecule has 1 N–H and O–H groups in total. The third-order valence-electron chi connectivity index (χ3n) is 4.76. The van der Waals surface area contributed by atoms with E-state index in [9.17, 15) is 10.1 Å². The first kappa shape index (κ1) is 24.2. The first-order chi connectivity index (χ1) is 16.5. The number of nitriles is 1. The molecule has 6 nitrogen and oxygen atoms in total. The van der Waals surface area contributed by atoms with Crippen molar-refractivity contribution in [3.8, 4) is 28.5 Å². The predicted molar refractivity (Wildman–Crippen MR) is 138 cm³/mol. The van der Waals surface area contributed by atoms with E-state index in [0.29, 0.717) is 42.6 Å². The van der Waals surface area contributed by atoms with Gasteiger partial charge in [0, 0.05) is 26.7 Å². The van der Waals surface area contributed by atoms with Gasteiger partial charge in [-0.15, -0.1) is 10.2 Å². The second-order valence-corrected chi connectivity index (χ2v) is 9.89. The fourth-order valence-electron chi connectivity index (χ4n) is 3.13. The van der Waals surface area contributed by atoms with Crippen molar-refractivity contribution in [2.75, 3.05) is 11.1 Å². The second kappa shape index (κ2) is 11.0. The Morgan fingerprint density at radius 1 is 1.12 bits per heavy atom. The highest BCUT2D eigenvalue weighted by Gasteiger charge is 2.19. The van der Waals surface area contributed by atoms with Crippen molar-refractivity contribution in [1.82, 2.24) is 15.2 Å². The van der Waals surface area contributed by atoms with E-state index in [1.807, 2.05) is 43.3 Å². The largest absolute Gasteiger partial charge is 0.300 e. The molecular weight excluding hydrogens is 509 g/mol.